The summed E-state index contributed by atoms with van der Waals surface area (Å²) in [4.78, 5) is 9.52. The lowest BCUT2D eigenvalue weighted by atomic mass is 9.91. The van der Waals surface area contributed by atoms with Crippen LogP contribution in [-0.4, -0.2) is 24.5 Å². The molecule has 0 bridgehead atoms. The van der Waals surface area contributed by atoms with Crippen molar-refractivity contribution < 1.29 is 0 Å². The van der Waals surface area contributed by atoms with Crippen molar-refractivity contribution in [2.24, 2.45) is 9.98 Å². The Hall–Kier alpha value is -1.06. The van der Waals surface area contributed by atoms with Crippen molar-refractivity contribution in [3.63, 3.8) is 0 Å². The van der Waals surface area contributed by atoms with Gasteiger partial charge in [0, 0.05) is 12.4 Å². The van der Waals surface area contributed by atoms with E-state index in [0.29, 0.717) is 20.1 Å². The Labute approximate surface area is 173 Å². The van der Waals surface area contributed by atoms with Gasteiger partial charge in [0.05, 0.1) is 32.2 Å². The smallest absolute Gasteiger partial charge is 0.0723 e. The molecule has 26 heavy (non-hydrogen) atoms. The van der Waals surface area contributed by atoms with Crippen molar-refractivity contribution in [2.75, 3.05) is 0 Å². The molecule has 6 heteroatoms. The van der Waals surface area contributed by atoms with E-state index >= 15 is 0 Å². The minimum Gasteiger partial charge on any atom is -0.287 e. The molecule has 1 saturated carbocycles. The van der Waals surface area contributed by atoms with E-state index in [0.717, 1.165) is 24.0 Å². The second kappa shape index (κ2) is 9.23. The molecule has 3 rings (SSSR count). The van der Waals surface area contributed by atoms with Crippen LogP contribution in [0.25, 0.3) is 0 Å². The SMILES string of the molecule is Clc1ccc(C=N[C@H]2CCCC[C@@H]2N=Cc2ccc(Cl)c(Cl)c2)cc1Cl. The molecule has 136 valence electrons. The maximum absolute atomic E-state index is 6.07. The van der Waals surface area contributed by atoms with Crippen LogP contribution >= 0.6 is 46.4 Å². The van der Waals surface area contributed by atoms with E-state index in [9.17, 15) is 0 Å². The fourth-order valence-corrected chi connectivity index (χ4v) is 3.60. The number of hydrogen-bond donors (Lipinski definition) is 0. The standard InChI is InChI=1S/C20H18Cl4N2/c21-15-7-5-13(9-17(15)23)11-25-19-3-1-2-4-20(19)26-12-14-6-8-16(22)18(24)10-14/h5-12,19-20H,1-4H2/t19-,20-/m0/s1. The number of nitrogens with zero attached hydrogens (tertiary/aromatic N) is 2. The Morgan fingerprint density at radius 3 is 1.46 bits per heavy atom. The van der Waals surface area contributed by atoms with Gasteiger partial charge in [-0.05, 0) is 48.2 Å². The number of halogens is 4. The van der Waals surface area contributed by atoms with Crippen LogP contribution in [0.1, 0.15) is 36.8 Å². The number of aliphatic imine (C=N–C) groups is 2. The van der Waals surface area contributed by atoms with Crippen LogP contribution < -0.4 is 0 Å². The summed E-state index contributed by atoms with van der Waals surface area (Å²) < 4.78 is 0. The topological polar surface area (TPSA) is 24.7 Å². The second-order valence-electron chi connectivity index (χ2n) is 6.32. The zero-order chi connectivity index (χ0) is 18.5. The zero-order valence-corrected chi connectivity index (χ0v) is 17.0. The first-order chi connectivity index (χ1) is 12.5. The fraction of sp³-hybridized carbons (Fsp3) is 0.300. The summed E-state index contributed by atoms with van der Waals surface area (Å²) in [7, 11) is 0. The molecular weight excluding hydrogens is 410 g/mol. The van der Waals surface area contributed by atoms with E-state index in [-0.39, 0.29) is 12.1 Å². The number of benzene rings is 2. The molecule has 0 aromatic heterocycles. The minimum absolute atomic E-state index is 0.164. The van der Waals surface area contributed by atoms with Crippen LogP contribution in [0.5, 0.6) is 0 Å². The lowest BCUT2D eigenvalue weighted by Gasteiger charge is -2.25. The van der Waals surface area contributed by atoms with Crippen molar-refractivity contribution in [2.45, 2.75) is 37.8 Å². The second-order valence-corrected chi connectivity index (χ2v) is 7.95. The molecule has 0 unspecified atom stereocenters. The van der Waals surface area contributed by atoms with Crippen LogP contribution in [0, 0.1) is 0 Å². The molecule has 2 nitrogen and oxygen atoms in total. The number of rotatable bonds is 4. The molecule has 2 aromatic rings. The van der Waals surface area contributed by atoms with E-state index in [1.807, 2.05) is 36.7 Å². The van der Waals surface area contributed by atoms with E-state index in [4.69, 9.17) is 56.4 Å². The molecule has 2 atom stereocenters. The summed E-state index contributed by atoms with van der Waals surface area (Å²) in [5, 5.41) is 2.16. The zero-order valence-electron chi connectivity index (χ0n) is 14.0. The molecule has 0 spiro atoms. The summed E-state index contributed by atoms with van der Waals surface area (Å²) in [6, 6.07) is 11.4. The first-order valence-corrected chi connectivity index (χ1v) is 10.0. The van der Waals surface area contributed by atoms with Crippen molar-refractivity contribution in [3.8, 4) is 0 Å². The third-order valence-corrected chi connectivity index (χ3v) is 5.89. The molecule has 0 aliphatic heterocycles. The molecule has 0 radical (unpaired) electrons. The van der Waals surface area contributed by atoms with Crippen molar-refractivity contribution in [3.05, 3.63) is 67.6 Å². The third kappa shape index (κ3) is 5.23. The Bertz CT molecular complexity index is 763. The van der Waals surface area contributed by atoms with Gasteiger partial charge in [0.25, 0.3) is 0 Å². The maximum atomic E-state index is 6.07. The Morgan fingerprint density at radius 1 is 0.654 bits per heavy atom. The Balaban J connectivity index is 1.72. The molecule has 1 fully saturated rings. The highest BCUT2D eigenvalue weighted by Crippen LogP contribution is 2.26. The molecule has 1 aliphatic carbocycles. The monoisotopic (exact) mass is 426 g/mol. The largest absolute Gasteiger partial charge is 0.287 e. The van der Waals surface area contributed by atoms with Gasteiger partial charge in [-0.25, -0.2) is 0 Å². The average Bonchev–Trinajstić information content (AvgIpc) is 2.64. The van der Waals surface area contributed by atoms with Gasteiger partial charge in [0.1, 0.15) is 0 Å². The van der Waals surface area contributed by atoms with Crippen molar-refractivity contribution in [1.82, 2.24) is 0 Å². The average molecular weight is 428 g/mol. The Morgan fingerprint density at radius 2 is 1.08 bits per heavy atom. The first-order valence-electron chi connectivity index (χ1n) is 8.49. The molecule has 0 amide bonds. The molecule has 0 heterocycles. The van der Waals surface area contributed by atoms with E-state index in [2.05, 4.69) is 0 Å². The molecule has 0 saturated heterocycles. The van der Waals surface area contributed by atoms with E-state index < -0.39 is 0 Å². The first kappa shape index (κ1) is 19.7. The van der Waals surface area contributed by atoms with E-state index in [1.54, 1.807) is 12.1 Å². The van der Waals surface area contributed by atoms with Gasteiger partial charge >= 0.3 is 0 Å². The molecule has 0 N–H and O–H groups in total. The minimum atomic E-state index is 0.164. The Kier molecular flexibility index (Phi) is 6.99. The highest BCUT2D eigenvalue weighted by Gasteiger charge is 2.23. The van der Waals surface area contributed by atoms with Gasteiger partial charge in [-0.2, -0.15) is 0 Å². The lowest BCUT2D eigenvalue weighted by Crippen LogP contribution is -2.27. The normalized spacial score (nSPS) is 20.9. The van der Waals surface area contributed by atoms with Gasteiger partial charge in [0.15, 0.2) is 0 Å². The summed E-state index contributed by atoms with van der Waals surface area (Å²) in [6.45, 7) is 0. The van der Waals surface area contributed by atoms with Crippen LogP contribution in [0.4, 0.5) is 0 Å². The van der Waals surface area contributed by atoms with Gasteiger partial charge < -0.3 is 0 Å². The van der Waals surface area contributed by atoms with Crippen molar-refractivity contribution >= 4 is 58.8 Å². The maximum Gasteiger partial charge on any atom is 0.0723 e. The molecule has 2 aromatic carbocycles. The summed E-state index contributed by atoms with van der Waals surface area (Å²) in [5.74, 6) is 0. The van der Waals surface area contributed by atoms with Crippen molar-refractivity contribution in [1.29, 1.82) is 0 Å². The molecular formula is C20H18Cl4N2. The van der Waals surface area contributed by atoms with Gasteiger partial charge in [-0.3, -0.25) is 9.98 Å². The van der Waals surface area contributed by atoms with E-state index in [1.165, 1.54) is 12.8 Å². The highest BCUT2D eigenvalue weighted by molar-refractivity contribution is 6.42. The van der Waals surface area contributed by atoms with Crippen LogP contribution in [0.15, 0.2) is 46.4 Å². The van der Waals surface area contributed by atoms with Crippen LogP contribution in [0.3, 0.4) is 0 Å². The lowest BCUT2D eigenvalue weighted by molar-refractivity contribution is 0.390. The quantitative estimate of drug-likeness (QED) is 0.462. The molecule has 1 aliphatic rings. The predicted molar refractivity (Wildman–Crippen MR) is 114 cm³/mol. The fourth-order valence-electron chi connectivity index (χ4n) is 2.99. The van der Waals surface area contributed by atoms with Crippen LogP contribution in [0.2, 0.25) is 20.1 Å². The summed E-state index contributed by atoms with van der Waals surface area (Å²) >= 11 is 24.1. The number of hydrogen-bond acceptors (Lipinski definition) is 2. The predicted octanol–water partition coefficient (Wildman–Crippen LogP) is 7.15. The summed E-state index contributed by atoms with van der Waals surface area (Å²) in [6.07, 6.45) is 8.12. The van der Waals surface area contributed by atoms with Crippen LogP contribution in [-0.2, 0) is 0 Å². The van der Waals surface area contributed by atoms with Gasteiger partial charge in [-0.1, -0.05) is 71.4 Å². The van der Waals surface area contributed by atoms with Gasteiger partial charge in [0.2, 0.25) is 0 Å². The van der Waals surface area contributed by atoms with Gasteiger partial charge in [-0.15, -0.1) is 0 Å². The third-order valence-electron chi connectivity index (χ3n) is 4.41. The highest BCUT2D eigenvalue weighted by atomic mass is 35.5. The summed E-state index contributed by atoms with van der Waals surface area (Å²) in [5.41, 5.74) is 1.88.